The molecule has 0 saturated carbocycles. The fourth-order valence-corrected chi connectivity index (χ4v) is 2.27. The lowest BCUT2D eigenvalue weighted by Gasteiger charge is -2.17. The molecule has 0 bridgehead atoms. The van der Waals surface area contributed by atoms with Crippen molar-refractivity contribution >= 4 is 17.5 Å². The maximum Gasteiger partial charge on any atom is 0.203 e. The predicted molar refractivity (Wildman–Crippen MR) is 76.0 cm³/mol. The summed E-state index contributed by atoms with van der Waals surface area (Å²) >= 11 is 6.19. The summed E-state index contributed by atoms with van der Waals surface area (Å²) in [6.07, 6.45) is 4.90. The van der Waals surface area contributed by atoms with Crippen LogP contribution in [0.5, 0.6) is 0 Å². The van der Waals surface area contributed by atoms with E-state index in [9.17, 15) is 0 Å². The van der Waals surface area contributed by atoms with Crippen LogP contribution in [-0.4, -0.2) is 9.55 Å². The van der Waals surface area contributed by atoms with Crippen LogP contribution in [0.2, 0.25) is 5.02 Å². The van der Waals surface area contributed by atoms with E-state index >= 15 is 0 Å². The van der Waals surface area contributed by atoms with Crippen molar-refractivity contribution in [2.24, 2.45) is 0 Å². The Labute approximate surface area is 113 Å². The summed E-state index contributed by atoms with van der Waals surface area (Å²) in [5, 5.41) is 4.18. The third kappa shape index (κ3) is 2.85. The zero-order valence-electron chi connectivity index (χ0n) is 10.7. The van der Waals surface area contributed by atoms with Crippen molar-refractivity contribution < 1.29 is 0 Å². The van der Waals surface area contributed by atoms with Crippen LogP contribution in [0.1, 0.15) is 31.9 Å². The first-order valence-corrected chi connectivity index (χ1v) is 6.62. The number of aryl methyl sites for hydroxylation is 1. The van der Waals surface area contributed by atoms with Crippen LogP contribution >= 0.6 is 11.6 Å². The van der Waals surface area contributed by atoms with Crippen molar-refractivity contribution in [3.8, 4) is 0 Å². The molecule has 96 valence electrons. The topological polar surface area (TPSA) is 29.9 Å². The zero-order valence-corrected chi connectivity index (χ0v) is 11.5. The Morgan fingerprint density at radius 3 is 2.89 bits per heavy atom. The number of hydrogen-bond donors (Lipinski definition) is 1. The van der Waals surface area contributed by atoms with Crippen LogP contribution in [0.3, 0.4) is 0 Å². The van der Waals surface area contributed by atoms with Crippen LogP contribution in [0.25, 0.3) is 0 Å². The van der Waals surface area contributed by atoms with Crippen molar-refractivity contribution in [1.29, 1.82) is 0 Å². The number of anilines is 1. The summed E-state index contributed by atoms with van der Waals surface area (Å²) in [7, 11) is 0. The third-order valence-corrected chi connectivity index (χ3v) is 3.24. The molecule has 0 spiro atoms. The molecular formula is C14H18ClN3. The quantitative estimate of drug-likeness (QED) is 0.879. The number of halogens is 1. The Bertz CT molecular complexity index is 507. The molecule has 1 unspecified atom stereocenters. The number of nitrogens with one attached hydrogen (secondary N) is 1. The normalized spacial score (nSPS) is 12.4. The molecule has 2 aromatic rings. The summed E-state index contributed by atoms with van der Waals surface area (Å²) < 4.78 is 2.12. The van der Waals surface area contributed by atoms with Crippen LogP contribution in [0.4, 0.5) is 5.95 Å². The molecule has 0 amide bonds. The van der Waals surface area contributed by atoms with Gasteiger partial charge in [0.15, 0.2) is 0 Å². The summed E-state index contributed by atoms with van der Waals surface area (Å²) in [6.45, 7) is 5.21. The number of benzene rings is 1. The van der Waals surface area contributed by atoms with Crippen LogP contribution < -0.4 is 5.32 Å². The smallest absolute Gasteiger partial charge is 0.203 e. The van der Waals surface area contributed by atoms with Gasteiger partial charge in [0, 0.05) is 24.0 Å². The largest absolute Gasteiger partial charge is 0.349 e. The Morgan fingerprint density at radius 2 is 2.17 bits per heavy atom. The van der Waals surface area contributed by atoms with E-state index in [4.69, 9.17) is 11.6 Å². The van der Waals surface area contributed by atoms with Gasteiger partial charge in [-0.15, -0.1) is 0 Å². The molecule has 0 aliphatic heterocycles. The molecule has 18 heavy (non-hydrogen) atoms. The first-order chi connectivity index (χ1) is 8.72. The molecule has 4 heteroatoms. The van der Waals surface area contributed by atoms with E-state index in [0.29, 0.717) is 0 Å². The van der Waals surface area contributed by atoms with E-state index in [0.717, 1.165) is 29.5 Å². The van der Waals surface area contributed by atoms with Gasteiger partial charge < -0.3 is 9.88 Å². The van der Waals surface area contributed by atoms with Crippen LogP contribution in [0, 0.1) is 0 Å². The van der Waals surface area contributed by atoms with E-state index in [1.807, 2.05) is 36.7 Å². The average Bonchev–Trinajstić information content (AvgIpc) is 2.78. The predicted octanol–water partition coefficient (Wildman–Crippen LogP) is 4.12. The van der Waals surface area contributed by atoms with E-state index in [1.165, 1.54) is 0 Å². The van der Waals surface area contributed by atoms with Gasteiger partial charge in [-0.25, -0.2) is 4.98 Å². The molecule has 0 aliphatic rings. The van der Waals surface area contributed by atoms with Crippen molar-refractivity contribution in [2.75, 3.05) is 5.32 Å². The summed E-state index contributed by atoms with van der Waals surface area (Å²) in [6, 6.07) is 8.02. The number of hydrogen-bond acceptors (Lipinski definition) is 2. The number of nitrogens with zero attached hydrogens (tertiary/aromatic N) is 2. The van der Waals surface area contributed by atoms with Gasteiger partial charge in [-0.05, 0) is 25.0 Å². The average molecular weight is 264 g/mol. The molecule has 1 aromatic heterocycles. The van der Waals surface area contributed by atoms with E-state index in [2.05, 4.69) is 28.7 Å². The molecule has 0 aliphatic carbocycles. The lowest BCUT2D eigenvalue weighted by atomic mass is 10.1. The molecule has 1 atom stereocenters. The standard InChI is InChI=1S/C14H18ClN3/c1-3-9-18-10-8-16-14(18)17-11(2)12-6-4-5-7-13(12)15/h4-8,10-11H,3,9H2,1-2H3,(H,16,17). The fourth-order valence-electron chi connectivity index (χ4n) is 1.97. The van der Waals surface area contributed by atoms with Gasteiger partial charge in [-0.2, -0.15) is 0 Å². The second-order valence-electron chi connectivity index (χ2n) is 4.33. The minimum absolute atomic E-state index is 0.136. The van der Waals surface area contributed by atoms with Gasteiger partial charge in [0.1, 0.15) is 0 Å². The maximum absolute atomic E-state index is 6.19. The van der Waals surface area contributed by atoms with Crippen molar-refractivity contribution in [3.63, 3.8) is 0 Å². The SMILES string of the molecule is CCCn1ccnc1NC(C)c1ccccc1Cl. The molecule has 1 N–H and O–H groups in total. The zero-order chi connectivity index (χ0) is 13.0. The van der Waals surface area contributed by atoms with E-state index in [1.54, 1.807) is 0 Å². The summed E-state index contributed by atoms with van der Waals surface area (Å²) in [5.41, 5.74) is 1.09. The molecule has 0 saturated heterocycles. The van der Waals surface area contributed by atoms with Crippen LogP contribution in [-0.2, 0) is 6.54 Å². The van der Waals surface area contributed by atoms with Crippen LogP contribution in [0.15, 0.2) is 36.7 Å². The summed E-state index contributed by atoms with van der Waals surface area (Å²) in [4.78, 5) is 4.34. The molecular weight excluding hydrogens is 246 g/mol. The Balaban J connectivity index is 2.14. The van der Waals surface area contributed by atoms with Gasteiger partial charge in [0.05, 0.1) is 6.04 Å². The Hall–Kier alpha value is -1.48. The molecule has 1 heterocycles. The molecule has 3 nitrogen and oxygen atoms in total. The number of imidazole rings is 1. The van der Waals surface area contributed by atoms with Gasteiger partial charge in [0.25, 0.3) is 0 Å². The van der Waals surface area contributed by atoms with E-state index < -0.39 is 0 Å². The minimum Gasteiger partial charge on any atom is -0.349 e. The second kappa shape index (κ2) is 5.91. The lowest BCUT2D eigenvalue weighted by Crippen LogP contribution is -2.12. The highest BCUT2D eigenvalue weighted by atomic mass is 35.5. The fraction of sp³-hybridized carbons (Fsp3) is 0.357. The Kier molecular flexibility index (Phi) is 4.26. The monoisotopic (exact) mass is 263 g/mol. The molecule has 0 radical (unpaired) electrons. The molecule has 0 fully saturated rings. The van der Waals surface area contributed by atoms with Gasteiger partial charge in [-0.3, -0.25) is 0 Å². The number of rotatable bonds is 5. The molecule has 1 aromatic carbocycles. The lowest BCUT2D eigenvalue weighted by molar-refractivity contribution is 0.674. The van der Waals surface area contributed by atoms with Crippen molar-refractivity contribution in [3.05, 3.63) is 47.2 Å². The van der Waals surface area contributed by atoms with E-state index in [-0.39, 0.29) is 6.04 Å². The van der Waals surface area contributed by atoms with Crippen molar-refractivity contribution in [2.45, 2.75) is 32.9 Å². The first kappa shape index (κ1) is 13.0. The second-order valence-corrected chi connectivity index (χ2v) is 4.74. The van der Waals surface area contributed by atoms with Gasteiger partial charge >= 0.3 is 0 Å². The van der Waals surface area contributed by atoms with Gasteiger partial charge in [-0.1, -0.05) is 36.7 Å². The first-order valence-electron chi connectivity index (χ1n) is 6.24. The molecule has 2 rings (SSSR count). The third-order valence-electron chi connectivity index (χ3n) is 2.90. The highest BCUT2D eigenvalue weighted by Gasteiger charge is 2.11. The highest BCUT2D eigenvalue weighted by molar-refractivity contribution is 6.31. The Morgan fingerprint density at radius 1 is 1.39 bits per heavy atom. The maximum atomic E-state index is 6.19. The highest BCUT2D eigenvalue weighted by Crippen LogP contribution is 2.25. The number of aromatic nitrogens is 2. The minimum atomic E-state index is 0.136. The van der Waals surface area contributed by atoms with Gasteiger partial charge in [0.2, 0.25) is 5.95 Å². The summed E-state index contributed by atoms with van der Waals surface area (Å²) in [5.74, 6) is 0.893. The van der Waals surface area contributed by atoms with Crippen molar-refractivity contribution in [1.82, 2.24) is 9.55 Å².